The Hall–Kier alpha value is -1.20. The average Bonchev–Trinajstić information content (AvgIpc) is 3.08. The fourth-order valence-corrected chi connectivity index (χ4v) is 3.35. The monoisotopic (exact) mass is 323 g/mol. The quantitative estimate of drug-likeness (QED) is 0.558. The summed E-state index contributed by atoms with van der Waals surface area (Å²) in [7, 11) is 0. The average molecular weight is 323 g/mol. The third-order valence-electron chi connectivity index (χ3n) is 3.92. The number of hydrogen-bond acceptors (Lipinski definition) is 4. The smallest absolute Gasteiger partial charge is 0.220 e. The van der Waals surface area contributed by atoms with Crippen molar-refractivity contribution in [2.24, 2.45) is 0 Å². The second-order valence-corrected chi connectivity index (χ2v) is 6.68. The van der Waals surface area contributed by atoms with Crippen LogP contribution in [0.3, 0.4) is 0 Å². The molecule has 1 amide bonds. The van der Waals surface area contributed by atoms with E-state index in [1.807, 2.05) is 11.4 Å². The lowest BCUT2D eigenvalue weighted by Gasteiger charge is -2.21. The fraction of sp³-hybridized carbons (Fsp3) is 0.647. The first-order valence-electron chi connectivity index (χ1n) is 8.20. The predicted molar refractivity (Wildman–Crippen MR) is 88.3 cm³/mol. The van der Waals surface area contributed by atoms with E-state index in [1.165, 1.54) is 43.4 Å². The lowest BCUT2D eigenvalue weighted by atomic mass is 9.98. The zero-order valence-corrected chi connectivity index (χ0v) is 13.8. The van der Waals surface area contributed by atoms with Gasteiger partial charge in [0.15, 0.2) is 5.78 Å². The summed E-state index contributed by atoms with van der Waals surface area (Å²) >= 11 is 1.42. The van der Waals surface area contributed by atoms with E-state index in [2.05, 4.69) is 5.32 Å². The summed E-state index contributed by atoms with van der Waals surface area (Å²) in [5.41, 5.74) is 0. The Balaban J connectivity index is 1.48. The number of Topliss-reactive ketones (excluding diaryl/α,β-unsaturated/α-hetero) is 1. The number of carbonyl (C=O) groups excluding carboxylic acids is 2. The molecule has 4 nitrogen and oxygen atoms in total. The van der Waals surface area contributed by atoms with Gasteiger partial charge in [0.05, 0.1) is 11.0 Å². The molecule has 0 radical (unpaired) electrons. The van der Waals surface area contributed by atoms with Gasteiger partial charge in [-0.25, -0.2) is 0 Å². The zero-order valence-electron chi connectivity index (χ0n) is 13.0. The number of nitrogens with one attached hydrogen (secondary N) is 1. The number of hydrogen-bond donors (Lipinski definition) is 1. The maximum absolute atomic E-state index is 11.8. The van der Waals surface area contributed by atoms with Gasteiger partial charge in [0, 0.05) is 26.0 Å². The highest BCUT2D eigenvalue weighted by molar-refractivity contribution is 7.12. The van der Waals surface area contributed by atoms with Gasteiger partial charge in [0.25, 0.3) is 0 Å². The molecule has 0 saturated heterocycles. The van der Waals surface area contributed by atoms with Crippen LogP contribution in [0, 0.1) is 0 Å². The summed E-state index contributed by atoms with van der Waals surface area (Å²) in [5.74, 6) is -0.00615. The van der Waals surface area contributed by atoms with Crippen molar-refractivity contribution in [3.8, 4) is 0 Å². The van der Waals surface area contributed by atoms with Crippen LogP contribution in [0.25, 0.3) is 0 Å². The van der Waals surface area contributed by atoms with E-state index in [4.69, 9.17) is 4.74 Å². The van der Waals surface area contributed by atoms with Crippen LogP contribution < -0.4 is 5.32 Å². The Labute approximate surface area is 136 Å². The van der Waals surface area contributed by atoms with Gasteiger partial charge in [0.2, 0.25) is 5.91 Å². The second-order valence-electron chi connectivity index (χ2n) is 5.73. The summed E-state index contributed by atoms with van der Waals surface area (Å²) in [6.45, 7) is 1.33. The van der Waals surface area contributed by atoms with Crippen molar-refractivity contribution in [3.63, 3.8) is 0 Å². The van der Waals surface area contributed by atoms with Gasteiger partial charge >= 0.3 is 0 Å². The van der Waals surface area contributed by atoms with E-state index < -0.39 is 0 Å². The third-order valence-corrected chi connectivity index (χ3v) is 4.84. The fourth-order valence-electron chi connectivity index (χ4n) is 2.66. The minimum Gasteiger partial charge on any atom is -0.378 e. The van der Waals surface area contributed by atoms with Gasteiger partial charge in [-0.15, -0.1) is 11.3 Å². The standard InChI is InChI=1S/C17H25NO3S/c19-15(16-8-4-13-22-16)9-10-17(20)18-11-5-12-21-14-6-2-1-3-7-14/h4,8,13-14H,1-3,5-7,9-12H2,(H,18,20). The molecule has 0 unspecified atom stereocenters. The molecule has 1 aliphatic rings. The van der Waals surface area contributed by atoms with Crippen molar-refractivity contribution in [1.82, 2.24) is 5.32 Å². The van der Waals surface area contributed by atoms with Gasteiger partial charge in [-0.3, -0.25) is 9.59 Å². The molecular formula is C17H25NO3S. The maximum Gasteiger partial charge on any atom is 0.220 e. The molecule has 1 N–H and O–H groups in total. The number of rotatable bonds is 9. The van der Waals surface area contributed by atoms with E-state index in [0.29, 0.717) is 19.3 Å². The van der Waals surface area contributed by atoms with Crippen LogP contribution in [-0.4, -0.2) is 30.9 Å². The molecule has 0 bridgehead atoms. The molecular weight excluding hydrogens is 298 g/mol. The first-order valence-corrected chi connectivity index (χ1v) is 9.08. The van der Waals surface area contributed by atoms with Crippen LogP contribution in [0.1, 0.15) is 61.0 Å². The minimum absolute atomic E-state index is 0.0470. The highest BCUT2D eigenvalue weighted by Gasteiger charge is 2.13. The number of amides is 1. The molecule has 1 aliphatic carbocycles. The number of thiophene rings is 1. The van der Waals surface area contributed by atoms with Gasteiger partial charge in [-0.05, 0) is 30.7 Å². The second kappa shape index (κ2) is 9.74. The van der Waals surface area contributed by atoms with E-state index in [0.717, 1.165) is 11.3 Å². The van der Waals surface area contributed by atoms with E-state index in [9.17, 15) is 9.59 Å². The summed E-state index contributed by atoms with van der Waals surface area (Å²) < 4.78 is 5.81. The normalized spacial score (nSPS) is 15.6. The molecule has 1 fully saturated rings. The number of ether oxygens (including phenoxy) is 1. The molecule has 5 heteroatoms. The van der Waals surface area contributed by atoms with Gasteiger partial charge < -0.3 is 10.1 Å². The van der Waals surface area contributed by atoms with Crippen molar-refractivity contribution < 1.29 is 14.3 Å². The lowest BCUT2D eigenvalue weighted by Crippen LogP contribution is -2.26. The molecule has 1 heterocycles. The topological polar surface area (TPSA) is 55.4 Å². The van der Waals surface area contributed by atoms with Crippen LogP contribution in [0.15, 0.2) is 17.5 Å². The van der Waals surface area contributed by atoms with E-state index in [1.54, 1.807) is 6.07 Å². The molecule has 1 aromatic heterocycles. The van der Waals surface area contributed by atoms with Gasteiger partial charge in [0.1, 0.15) is 0 Å². The number of carbonyl (C=O) groups is 2. The summed E-state index contributed by atoms with van der Waals surface area (Å²) in [4.78, 5) is 24.2. The molecule has 1 aromatic rings. The summed E-state index contributed by atoms with van der Waals surface area (Å²) in [5, 5.41) is 4.73. The minimum atomic E-state index is -0.0532. The first kappa shape index (κ1) is 17.2. The van der Waals surface area contributed by atoms with Crippen molar-refractivity contribution in [2.45, 2.75) is 57.5 Å². The SMILES string of the molecule is O=C(CCC(=O)c1cccs1)NCCCOC1CCCCC1. The van der Waals surface area contributed by atoms with Gasteiger partial charge in [-0.2, -0.15) is 0 Å². The van der Waals surface area contributed by atoms with Crippen LogP contribution >= 0.6 is 11.3 Å². The van der Waals surface area contributed by atoms with Crippen LogP contribution in [0.2, 0.25) is 0 Å². The molecule has 0 atom stereocenters. The Bertz CT molecular complexity index is 452. The Morgan fingerprint density at radius 2 is 2.05 bits per heavy atom. The molecule has 122 valence electrons. The van der Waals surface area contributed by atoms with Crippen molar-refractivity contribution in [3.05, 3.63) is 22.4 Å². The Morgan fingerprint density at radius 3 is 2.77 bits per heavy atom. The Morgan fingerprint density at radius 1 is 1.23 bits per heavy atom. The molecule has 0 aliphatic heterocycles. The van der Waals surface area contributed by atoms with Crippen LogP contribution in [0.4, 0.5) is 0 Å². The van der Waals surface area contributed by atoms with Crippen LogP contribution in [-0.2, 0) is 9.53 Å². The third kappa shape index (κ3) is 6.28. The van der Waals surface area contributed by atoms with Crippen LogP contribution in [0.5, 0.6) is 0 Å². The molecule has 0 aromatic carbocycles. The molecule has 0 spiro atoms. The van der Waals surface area contributed by atoms with E-state index >= 15 is 0 Å². The highest BCUT2D eigenvalue weighted by atomic mass is 32.1. The molecule has 1 saturated carbocycles. The lowest BCUT2D eigenvalue weighted by molar-refractivity contribution is -0.121. The number of ketones is 1. The molecule has 2 rings (SSSR count). The largest absolute Gasteiger partial charge is 0.378 e. The predicted octanol–water partition coefficient (Wildman–Crippen LogP) is 3.57. The van der Waals surface area contributed by atoms with Crippen molar-refractivity contribution in [1.29, 1.82) is 0 Å². The van der Waals surface area contributed by atoms with Crippen molar-refractivity contribution >= 4 is 23.0 Å². The summed E-state index contributed by atoms with van der Waals surface area (Å²) in [6, 6.07) is 3.65. The zero-order chi connectivity index (χ0) is 15.6. The summed E-state index contributed by atoms with van der Waals surface area (Å²) in [6.07, 6.45) is 8.05. The van der Waals surface area contributed by atoms with Gasteiger partial charge in [-0.1, -0.05) is 25.3 Å². The Kier molecular flexibility index (Phi) is 7.60. The van der Waals surface area contributed by atoms with E-state index in [-0.39, 0.29) is 24.5 Å². The molecule has 22 heavy (non-hydrogen) atoms. The highest BCUT2D eigenvalue weighted by Crippen LogP contribution is 2.20. The van der Waals surface area contributed by atoms with Crippen molar-refractivity contribution in [2.75, 3.05) is 13.2 Å². The maximum atomic E-state index is 11.8. The first-order chi connectivity index (χ1) is 10.8.